The van der Waals surface area contributed by atoms with E-state index >= 15 is 0 Å². The molecule has 3 fully saturated rings. The van der Waals surface area contributed by atoms with Crippen molar-refractivity contribution in [1.82, 2.24) is 4.90 Å². The van der Waals surface area contributed by atoms with Gasteiger partial charge in [0.05, 0.1) is 18.6 Å². The number of amides is 2. The molecule has 2 bridgehead atoms. The number of nitrogens with zero attached hydrogens (tertiary/aromatic N) is 2. The number of fused-ring (bicyclic) bond motifs is 1. The fourth-order valence-electron chi connectivity index (χ4n) is 6.39. The van der Waals surface area contributed by atoms with Gasteiger partial charge >= 0.3 is 5.97 Å². The predicted molar refractivity (Wildman–Crippen MR) is 128 cm³/mol. The normalized spacial score (nSPS) is 33.0. The van der Waals surface area contributed by atoms with Crippen molar-refractivity contribution in [2.45, 2.75) is 50.4 Å². The number of benzene rings is 1. The number of carboxylic acid groups (broad SMARTS) is 1. The second kappa shape index (κ2) is 9.28. The fraction of sp³-hybridized carbons (Fsp3) is 0.577. The summed E-state index contributed by atoms with van der Waals surface area (Å²) in [6.45, 7) is 7.88. The molecule has 1 spiro atoms. The molecule has 9 nitrogen and oxygen atoms in total. The van der Waals surface area contributed by atoms with Crippen LogP contribution in [-0.2, 0) is 19.1 Å². The smallest absolute Gasteiger partial charge is 0.310 e. The van der Waals surface area contributed by atoms with Crippen molar-refractivity contribution in [1.29, 1.82) is 0 Å². The molecular formula is C26H34N2O7. The highest BCUT2D eigenvalue weighted by atomic mass is 16.5. The molecule has 3 heterocycles. The van der Waals surface area contributed by atoms with Gasteiger partial charge in [-0.05, 0) is 56.4 Å². The van der Waals surface area contributed by atoms with E-state index in [1.807, 2.05) is 6.92 Å². The minimum absolute atomic E-state index is 0.0347. The van der Waals surface area contributed by atoms with E-state index in [1.165, 1.54) is 4.90 Å². The molecule has 6 atom stereocenters. The van der Waals surface area contributed by atoms with E-state index in [9.17, 15) is 24.6 Å². The molecular weight excluding hydrogens is 452 g/mol. The molecule has 3 unspecified atom stereocenters. The van der Waals surface area contributed by atoms with Crippen molar-refractivity contribution in [3.63, 3.8) is 0 Å². The number of hydrogen-bond donors (Lipinski definition) is 2. The van der Waals surface area contributed by atoms with Crippen molar-refractivity contribution in [3.05, 3.63) is 36.9 Å². The summed E-state index contributed by atoms with van der Waals surface area (Å²) in [5.41, 5.74) is -1.65. The Bertz CT molecular complexity index is 1010. The number of hydrogen-bond acceptors (Lipinski definition) is 6. The Morgan fingerprint density at radius 1 is 1.31 bits per heavy atom. The zero-order chi connectivity index (χ0) is 25.5. The van der Waals surface area contributed by atoms with Crippen molar-refractivity contribution < 1.29 is 34.1 Å². The number of rotatable bonds is 10. The molecule has 3 aliphatic heterocycles. The maximum Gasteiger partial charge on any atom is 0.310 e. The summed E-state index contributed by atoms with van der Waals surface area (Å²) < 4.78 is 11.7. The first-order valence-corrected chi connectivity index (χ1v) is 12.1. The van der Waals surface area contributed by atoms with Crippen LogP contribution < -0.4 is 9.64 Å². The predicted octanol–water partition coefficient (Wildman–Crippen LogP) is 2.08. The molecule has 2 amide bonds. The van der Waals surface area contributed by atoms with Crippen LogP contribution in [0.25, 0.3) is 0 Å². The highest BCUT2D eigenvalue weighted by Gasteiger charge is 2.80. The van der Waals surface area contributed by atoms with Crippen LogP contribution in [0, 0.1) is 17.8 Å². The van der Waals surface area contributed by atoms with Gasteiger partial charge in [0.25, 0.3) is 5.91 Å². The summed E-state index contributed by atoms with van der Waals surface area (Å²) in [6, 6.07) is 6.05. The summed E-state index contributed by atoms with van der Waals surface area (Å²) in [6.07, 6.45) is 2.99. The molecule has 1 aromatic carbocycles. The zero-order valence-corrected chi connectivity index (χ0v) is 20.5. The first kappa shape index (κ1) is 25.2. The van der Waals surface area contributed by atoms with Gasteiger partial charge in [-0.2, -0.15) is 0 Å². The number of likely N-dealkylation sites (tertiary alicyclic amines) is 1. The lowest BCUT2D eigenvalue weighted by Gasteiger charge is -2.37. The molecule has 1 aromatic rings. The molecule has 2 N–H and O–H groups in total. The van der Waals surface area contributed by atoms with Crippen LogP contribution >= 0.6 is 0 Å². The Morgan fingerprint density at radius 2 is 2.00 bits per heavy atom. The number of aliphatic hydroxyl groups is 1. The van der Waals surface area contributed by atoms with E-state index in [0.29, 0.717) is 30.7 Å². The number of unbranched alkanes of at least 4 members (excludes halogenated alkanes) is 1. The quantitative estimate of drug-likeness (QED) is 0.384. The minimum Gasteiger partial charge on any atom is -0.497 e. The summed E-state index contributed by atoms with van der Waals surface area (Å²) in [5.74, 6) is -3.26. The average molecular weight is 487 g/mol. The number of methoxy groups -OCH3 is 1. The monoisotopic (exact) mass is 486 g/mol. The van der Waals surface area contributed by atoms with Gasteiger partial charge in [0, 0.05) is 25.4 Å². The maximum atomic E-state index is 14.3. The summed E-state index contributed by atoms with van der Waals surface area (Å²) in [5, 5.41) is 19.4. The number of carbonyl (C=O) groups excluding carboxylic acids is 2. The van der Waals surface area contributed by atoms with E-state index in [-0.39, 0.29) is 37.4 Å². The third kappa shape index (κ3) is 3.72. The minimum atomic E-state index is -1.23. The van der Waals surface area contributed by atoms with Gasteiger partial charge in [-0.1, -0.05) is 13.0 Å². The van der Waals surface area contributed by atoms with E-state index in [1.54, 1.807) is 49.3 Å². The topological polar surface area (TPSA) is 117 Å². The zero-order valence-electron chi connectivity index (χ0n) is 20.5. The van der Waals surface area contributed by atoms with E-state index < -0.39 is 35.0 Å². The molecule has 35 heavy (non-hydrogen) atoms. The molecule has 190 valence electrons. The van der Waals surface area contributed by atoms with Crippen LogP contribution in [0.3, 0.4) is 0 Å². The van der Waals surface area contributed by atoms with Crippen LogP contribution in [0.1, 0.15) is 33.1 Å². The average Bonchev–Trinajstić information content (AvgIpc) is 3.34. The van der Waals surface area contributed by atoms with Gasteiger partial charge in [-0.25, -0.2) is 0 Å². The Morgan fingerprint density at radius 3 is 2.57 bits per heavy atom. The summed E-state index contributed by atoms with van der Waals surface area (Å²) in [7, 11) is 1.56. The highest BCUT2D eigenvalue weighted by Crippen LogP contribution is 2.65. The van der Waals surface area contributed by atoms with Gasteiger partial charge in [0.2, 0.25) is 5.91 Å². The summed E-state index contributed by atoms with van der Waals surface area (Å²) >= 11 is 0. The summed E-state index contributed by atoms with van der Waals surface area (Å²) in [4.78, 5) is 43.5. The molecule has 4 rings (SSSR count). The Hall–Kier alpha value is -2.91. The second-order valence-corrected chi connectivity index (χ2v) is 9.94. The Kier molecular flexibility index (Phi) is 6.68. The number of carboxylic acids is 1. The van der Waals surface area contributed by atoms with E-state index in [0.717, 1.165) is 0 Å². The van der Waals surface area contributed by atoms with Crippen LogP contribution in [0.5, 0.6) is 5.75 Å². The molecule has 0 saturated carbocycles. The first-order valence-electron chi connectivity index (χ1n) is 12.1. The SMILES string of the molecule is C=CCN(C(=O)C1N(CCCCO)C(=O)[C@@H]2[C@@H](C(=O)O)[C@]3(C)OC12CC3C)c1ccc(OC)cc1. The largest absolute Gasteiger partial charge is 0.497 e. The number of carbonyl (C=O) groups is 3. The van der Waals surface area contributed by atoms with E-state index in [4.69, 9.17) is 9.47 Å². The molecule has 0 aromatic heterocycles. The van der Waals surface area contributed by atoms with Crippen LogP contribution in [0.4, 0.5) is 5.69 Å². The van der Waals surface area contributed by atoms with Crippen molar-refractivity contribution in [2.24, 2.45) is 17.8 Å². The van der Waals surface area contributed by atoms with Gasteiger partial charge in [0.1, 0.15) is 23.3 Å². The van der Waals surface area contributed by atoms with Crippen LogP contribution in [-0.4, -0.2) is 76.9 Å². The van der Waals surface area contributed by atoms with Crippen LogP contribution in [0.2, 0.25) is 0 Å². The Labute approximate surface area is 205 Å². The third-order valence-corrected chi connectivity index (χ3v) is 8.08. The molecule has 3 saturated heterocycles. The van der Waals surface area contributed by atoms with Crippen molar-refractivity contribution >= 4 is 23.5 Å². The second-order valence-electron chi connectivity index (χ2n) is 9.94. The van der Waals surface area contributed by atoms with Gasteiger partial charge in [-0.15, -0.1) is 6.58 Å². The van der Waals surface area contributed by atoms with Crippen LogP contribution in [0.15, 0.2) is 36.9 Å². The highest BCUT2D eigenvalue weighted by molar-refractivity contribution is 6.04. The molecule has 0 aliphatic carbocycles. The fourth-order valence-corrected chi connectivity index (χ4v) is 6.39. The number of aliphatic carboxylic acids is 1. The number of aliphatic hydroxyl groups excluding tert-OH is 1. The molecule has 9 heteroatoms. The van der Waals surface area contributed by atoms with Gasteiger partial charge in [0.15, 0.2) is 0 Å². The van der Waals surface area contributed by atoms with E-state index in [2.05, 4.69) is 6.58 Å². The van der Waals surface area contributed by atoms with Crippen molar-refractivity contribution in [2.75, 3.05) is 31.7 Å². The lowest BCUT2D eigenvalue weighted by molar-refractivity contribution is -0.156. The first-order chi connectivity index (χ1) is 16.7. The van der Waals surface area contributed by atoms with Gasteiger partial charge in [-0.3, -0.25) is 14.4 Å². The third-order valence-electron chi connectivity index (χ3n) is 8.08. The lowest BCUT2D eigenvalue weighted by atomic mass is 9.62. The standard InChI is InChI=1S/C26H34N2O7/c1-5-12-27(17-8-10-18(34-4)11-9-17)23(31)21-26-15-16(2)25(3,35-26)20(24(32)33)19(26)22(30)28(21)13-6-7-14-29/h5,8-11,16,19-21,29H,1,6-7,12-15H2,2-4H3,(H,32,33)/t16?,19-,20-,21?,25+,26?/m0/s1. The molecule has 0 radical (unpaired) electrons. The van der Waals surface area contributed by atoms with Crippen molar-refractivity contribution in [3.8, 4) is 5.75 Å². The van der Waals surface area contributed by atoms with Gasteiger partial charge < -0.3 is 29.5 Å². The maximum absolute atomic E-state index is 14.3. The number of anilines is 1. The lowest BCUT2D eigenvalue weighted by Crippen LogP contribution is -2.57. The Balaban J connectivity index is 1.79. The molecule has 3 aliphatic rings. The number of ether oxygens (including phenoxy) is 2.